The number of aromatic amines is 1. The number of carboxylic acid groups (broad SMARTS) is 2. The first-order valence-corrected chi connectivity index (χ1v) is 29.7. The molecule has 19 atom stereocenters. The summed E-state index contributed by atoms with van der Waals surface area (Å²) < 4.78 is 57.2. The number of carboxylic acids is 2. The van der Waals surface area contributed by atoms with Crippen molar-refractivity contribution in [3.8, 4) is 0 Å². The molecular weight excluding hydrogens is 1230 g/mol. The number of ether oxygens (including phenoxy) is 3. The molecule has 88 heavy (non-hydrogen) atoms. The van der Waals surface area contributed by atoms with Gasteiger partial charge in [-0.25, -0.2) is 18.7 Å². The van der Waals surface area contributed by atoms with Gasteiger partial charge in [0, 0.05) is 32.2 Å². The third-order valence-electron chi connectivity index (χ3n) is 12.9. The Balaban J connectivity index is 1.66. The molecule has 0 spiro atoms. The van der Waals surface area contributed by atoms with E-state index in [4.69, 9.17) is 34.7 Å². The molecule has 2 aliphatic heterocycles. The van der Waals surface area contributed by atoms with Crippen molar-refractivity contribution in [2.75, 3.05) is 26.4 Å². The first-order valence-electron chi connectivity index (χ1n) is 26.7. The summed E-state index contributed by atoms with van der Waals surface area (Å²) in [6, 6.07) is -11.0. The average Bonchev–Trinajstić information content (AvgIpc) is 1.26. The van der Waals surface area contributed by atoms with Gasteiger partial charge < -0.3 is 108 Å². The molecule has 0 bridgehead atoms. The summed E-state index contributed by atoms with van der Waals surface area (Å²) in [5.41, 5.74) is 3.54. The van der Waals surface area contributed by atoms with Gasteiger partial charge in [0.05, 0.1) is 19.8 Å². The van der Waals surface area contributed by atoms with Crippen LogP contribution in [0, 0.1) is 0 Å². The molecule has 42 heteroatoms. The molecule has 1 aromatic rings. The molecule has 1 aromatic heterocycles. The van der Waals surface area contributed by atoms with Crippen LogP contribution in [-0.2, 0) is 84.6 Å². The number of phosphoric ester groups is 2. The number of carbonyl (C=O) groups is 10. The smallest absolute Gasteiger partial charge is 0.480 e. The van der Waals surface area contributed by atoms with E-state index >= 15 is 0 Å². The van der Waals surface area contributed by atoms with Crippen molar-refractivity contribution >= 4 is 74.8 Å². The van der Waals surface area contributed by atoms with Crippen LogP contribution in [0.5, 0.6) is 0 Å². The van der Waals surface area contributed by atoms with Crippen molar-refractivity contribution in [3.05, 3.63) is 33.1 Å². The van der Waals surface area contributed by atoms with Crippen LogP contribution in [0.4, 0.5) is 0 Å². The standard InChI is InChI=1S/C46H75N11O29P2/c1-18(50-40(70)24(47)15-58)36(66)48-13-8-7-9-25(41(71)51-19(2)37(67)52-21(4)43(72)73)54-29(61)11-10-26(44(74)75)55-38(68)20(3)49-39(69)22(5)82-35-31(53-23(6)60)45(84-27(16-59)33(35)64)85-88(79,80)86-87(77,78)81-17-28-32(63)34(65)42(83-28)57-14-12-30(62)56-46(57)76/h12,14,18-22,24-28,31-35,42,45,58-59,63-65H,7-11,13,15-17,47H2,1-6H3,(H,48,66)(H,49,69)(H,50,70)(H,51,71)(H,52,67)(H,53,60)(H,54,61)(H,55,68)(H,72,73)(H,74,75)(H,77,78)(H,79,80)(H,56,62,76)/t18-,19-,20-,21+,22+,24-,25+,26-,27+,28+,31+,32+,33+,34+,35+,42+,45+/m0/s1. The number of aliphatic carboxylic acids is 2. The Bertz CT molecular complexity index is 2870. The fourth-order valence-electron chi connectivity index (χ4n) is 8.05. The van der Waals surface area contributed by atoms with Crippen molar-refractivity contribution in [3.63, 3.8) is 0 Å². The largest absolute Gasteiger partial charge is 0.483 e. The number of hydrogen-bond acceptors (Lipinski definition) is 26. The van der Waals surface area contributed by atoms with Gasteiger partial charge in [-0.2, -0.15) is 4.31 Å². The van der Waals surface area contributed by atoms with Gasteiger partial charge in [-0.1, -0.05) is 0 Å². The predicted molar refractivity (Wildman–Crippen MR) is 289 cm³/mol. The highest BCUT2D eigenvalue weighted by Gasteiger charge is 2.52. The van der Waals surface area contributed by atoms with Gasteiger partial charge in [0.25, 0.3) is 5.56 Å². The number of phosphoric acid groups is 2. The number of carbonyl (C=O) groups excluding carboxylic acids is 8. The zero-order valence-corrected chi connectivity index (χ0v) is 49.7. The van der Waals surface area contributed by atoms with Gasteiger partial charge in [0.1, 0.15) is 91.1 Å². The molecule has 2 fully saturated rings. The van der Waals surface area contributed by atoms with Crippen LogP contribution < -0.4 is 59.5 Å². The third kappa shape index (κ3) is 23.3. The number of nitrogens with two attached hydrogens (primary N) is 1. The van der Waals surface area contributed by atoms with Crippen molar-refractivity contribution in [2.24, 2.45) is 5.73 Å². The lowest BCUT2D eigenvalue weighted by Crippen LogP contribution is -2.66. The van der Waals surface area contributed by atoms with E-state index in [0.29, 0.717) is 4.57 Å². The van der Waals surface area contributed by atoms with Crippen molar-refractivity contribution < 1.29 is 130 Å². The summed E-state index contributed by atoms with van der Waals surface area (Å²) >= 11 is 0. The van der Waals surface area contributed by atoms with Gasteiger partial charge in [0.15, 0.2) is 12.5 Å². The topological polar surface area (TPSA) is 619 Å². The van der Waals surface area contributed by atoms with Crippen LogP contribution in [0.25, 0.3) is 0 Å². The molecule has 2 aliphatic rings. The number of rotatable bonds is 35. The molecular formula is C46H75N11O29P2. The van der Waals surface area contributed by atoms with Crippen molar-refractivity contribution in [1.29, 1.82) is 0 Å². The SMILES string of the molecule is CC(=O)N[C@H]1[C@@H](OP(=O)(O)OP(=O)(O)OC[C@H]2O[C@@H](n3ccc(=O)[nH]c3=O)[C@H](O)[C@@H]2O)O[C@H](CO)[C@@H](O)[C@@H]1O[C@H](C)C(=O)N[C@@H](C)C(=O)N[C@@H](CCC(=O)N[C@H](CCCCNC(=O)[C@H](C)NC(=O)[C@@H](N)CO)C(=O)N[C@@H](C)C(=O)N[C@H](C)C(=O)O)C(=O)O. The zero-order chi connectivity index (χ0) is 66.7. The zero-order valence-electron chi connectivity index (χ0n) is 47.9. The number of aliphatic hydroxyl groups excluding tert-OH is 5. The monoisotopic (exact) mass is 1310 g/mol. The highest BCUT2D eigenvalue weighted by Crippen LogP contribution is 2.61. The quantitative estimate of drug-likeness (QED) is 0.0222. The van der Waals surface area contributed by atoms with E-state index in [-0.39, 0.29) is 25.8 Å². The summed E-state index contributed by atoms with van der Waals surface area (Å²) in [6.07, 6.45) is -17.5. The maximum Gasteiger partial charge on any atom is 0.483 e. The highest BCUT2D eigenvalue weighted by molar-refractivity contribution is 7.61. The molecule has 0 radical (unpaired) electrons. The second-order valence-corrected chi connectivity index (χ2v) is 23.1. The van der Waals surface area contributed by atoms with Crippen LogP contribution in [0.2, 0.25) is 0 Å². The Labute approximate surface area is 498 Å². The molecule has 3 heterocycles. The van der Waals surface area contributed by atoms with E-state index in [0.717, 1.165) is 40.0 Å². The van der Waals surface area contributed by atoms with E-state index in [1.807, 2.05) is 4.98 Å². The fourth-order valence-corrected chi connectivity index (χ4v) is 10.2. The minimum atomic E-state index is -5.98. The van der Waals surface area contributed by atoms with Gasteiger partial charge in [-0.05, 0) is 60.3 Å². The Morgan fingerprint density at radius 3 is 1.88 bits per heavy atom. The van der Waals surface area contributed by atoms with Crippen molar-refractivity contribution in [2.45, 2.75) is 177 Å². The second-order valence-electron chi connectivity index (χ2n) is 20.1. The number of aliphatic hydroxyl groups is 5. The highest BCUT2D eigenvalue weighted by atomic mass is 31.3. The van der Waals surface area contributed by atoms with Crippen molar-refractivity contribution in [1.82, 2.24) is 52.1 Å². The lowest BCUT2D eigenvalue weighted by atomic mass is 9.96. The maximum absolute atomic E-state index is 13.5. The second kappa shape index (κ2) is 34.3. The van der Waals surface area contributed by atoms with Crippen LogP contribution in [0.1, 0.15) is 79.9 Å². The summed E-state index contributed by atoms with van der Waals surface area (Å²) in [4.78, 5) is 173. The summed E-state index contributed by atoms with van der Waals surface area (Å²) in [5, 5.41) is 88.6. The number of nitrogens with one attached hydrogen (secondary N) is 9. The minimum absolute atomic E-state index is 0.00566. The molecule has 3 rings (SSSR count). The first-order chi connectivity index (χ1) is 40.9. The van der Waals surface area contributed by atoms with E-state index < -0.39 is 222 Å². The molecule has 2 unspecified atom stereocenters. The first kappa shape index (κ1) is 75.5. The minimum Gasteiger partial charge on any atom is -0.480 e. The van der Waals surface area contributed by atoms with E-state index in [1.54, 1.807) is 0 Å². The van der Waals surface area contributed by atoms with Crippen LogP contribution in [0.3, 0.4) is 0 Å². The normalized spacial score (nSPS) is 25.0. The molecule has 0 aliphatic carbocycles. The summed E-state index contributed by atoms with van der Waals surface area (Å²) in [5.74, 6) is -10.6. The van der Waals surface area contributed by atoms with Gasteiger partial charge in [0.2, 0.25) is 47.3 Å². The van der Waals surface area contributed by atoms with Crippen LogP contribution in [0.15, 0.2) is 21.9 Å². The number of amides is 8. The molecule has 8 amide bonds. The number of hydrogen-bond donors (Lipinski definition) is 19. The van der Waals surface area contributed by atoms with E-state index in [9.17, 15) is 102 Å². The van der Waals surface area contributed by atoms with E-state index in [2.05, 4.69) is 51.4 Å². The number of H-pyrrole nitrogens is 1. The Morgan fingerprint density at radius 1 is 0.705 bits per heavy atom. The predicted octanol–water partition coefficient (Wildman–Crippen LogP) is -8.69. The Hall–Kier alpha value is -6.72. The van der Waals surface area contributed by atoms with Crippen LogP contribution in [-0.4, -0.2) is 238 Å². The number of unbranched alkanes of at least 4 members (excludes halogenated alkanes) is 1. The Morgan fingerprint density at radius 2 is 1.30 bits per heavy atom. The lowest BCUT2D eigenvalue weighted by molar-refractivity contribution is -0.261. The Kier molecular flexibility index (Phi) is 29.4. The molecule has 2 saturated heterocycles. The summed E-state index contributed by atoms with van der Waals surface area (Å²) in [6.45, 7) is 3.76. The number of aromatic nitrogens is 2. The molecule has 498 valence electrons. The van der Waals surface area contributed by atoms with Crippen LogP contribution >= 0.6 is 15.6 Å². The van der Waals surface area contributed by atoms with E-state index in [1.165, 1.54) is 13.8 Å². The molecule has 20 N–H and O–H groups in total. The van der Waals surface area contributed by atoms with Gasteiger partial charge in [-0.3, -0.25) is 66.5 Å². The summed E-state index contributed by atoms with van der Waals surface area (Å²) in [7, 11) is -11.8. The van der Waals surface area contributed by atoms with Gasteiger partial charge >= 0.3 is 33.3 Å². The maximum atomic E-state index is 13.5. The molecule has 40 nitrogen and oxygen atoms in total. The third-order valence-corrected chi connectivity index (χ3v) is 15.5. The number of nitrogens with zero attached hydrogens (tertiary/aromatic N) is 1. The lowest BCUT2D eigenvalue weighted by Gasteiger charge is -2.44. The molecule has 0 aromatic carbocycles. The fraction of sp³-hybridized carbons (Fsp3) is 0.696. The molecule has 0 saturated carbocycles. The average molecular weight is 1310 g/mol. The van der Waals surface area contributed by atoms with Gasteiger partial charge in [-0.15, -0.1) is 0 Å².